The summed E-state index contributed by atoms with van der Waals surface area (Å²) in [5, 5.41) is 0. The number of benzene rings is 8. The zero-order chi connectivity index (χ0) is 64.8. The molecule has 92 heavy (non-hydrogen) atoms. The van der Waals surface area contributed by atoms with Crippen LogP contribution in [-0.4, -0.2) is 38.2 Å². The Balaban J connectivity index is 1.10. The molecule has 0 spiro atoms. The van der Waals surface area contributed by atoms with E-state index in [9.17, 15) is 0 Å². The normalized spacial score (nSPS) is 13.2. The third-order valence-corrected chi connectivity index (χ3v) is 18.9. The molecule has 0 aliphatic heterocycles. The number of aromatic nitrogens is 8. The van der Waals surface area contributed by atoms with Gasteiger partial charge >= 0.3 is 0 Å². The summed E-state index contributed by atoms with van der Waals surface area (Å²) in [6, 6.07) is 52.4. The number of hydrogen-bond donors (Lipinski definition) is 0. The average molecular weight is 1230 g/mol. The van der Waals surface area contributed by atoms with Gasteiger partial charge in [-0.1, -0.05) is 180 Å². The maximum absolute atomic E-state index is 7.52. The average Bonchev–Trinajstić information content (AvgIpc) is 1.14. The molecular weight excluding hydrogens is 1140 g/mol. The molecule has 8 aromatic carbocycles. The van der Waals surface area contributed by atoms with Crippen molar-refractivity contribution in [2.24, 2.45) is 28.2 Å². The van der Waals surface area contributed by atoms with E-state index in [-0.39, 0.29) is 48.1 Å². The van der Waals surface area contributed by atoms with Crippen LogP contribution in [0, 0.1) is 0 Å². The van der Waals surface area contributed by atoms with Crippen LogP contribution in [0.25, 0.3) is 44.1 Å². The number of rotatable bonds is 12. The molecule has 0 amide bonds. The quantitative estimate of drug-likeness (QED) is 0.119. The lowest BCUT2D eigenvalue weighted by Crippen LogP contribution is -2.18. The van der Waals surface area contributed by atoms with E-state index in [1.807, 2.05) is 24.3 Å². The molecule has 472 valence electrons. The summed E-state index contributed by atoms with van der Waals surface area (Å²) in [7, 11) is 8.34. The van der Waals surface area contributed by atoms with Gasteiger partial charge < -0.3 is 37.2 Å². The lowest BCUT2D eigenvalue weighted by molar-refractivity contribution is 0.280. The molecule has 12 aromatic rings. The molecule has 4 aromatic heterocycles. The van der Waals surface area contributed by atoms with Crippen molar-refractivity contribution in [1.82, 2.24) is 38.2 Å². The number of para-hydroxylation sites is 8. The third-order valence-electron chi connectivity index (χ3n) is 18.9. The molecule has 0 radical (unpaired) electrons. The second kappa shape index (κ2) is 23.5. The molecule has 0 saturated carbocycles. The van der Waals surface area contributed by atoms with Crippen LogP contribution in [0.4, 0.5) is 0 Å². The summed E-state index contributed by atoms with van der Waals surface area (Å²) in [5.74, 6) is 6.63. The molecule has 0 saturated heterocycles. The number of aryl methyl sites for hydroxylation is 4. The zero-order valence-corrected chi connectivity index (χ0v) is 56.7. The SMILES string of the molecule is Cn1c(COc2c3cc(C(C)(C)C)cc2Cc2cc(C(C)(C)C)cc(c2OCc2nc4ccccc4n2C)Cc2cc(C(C)(C)C)cc(c2OCc2nc4ccccc4n2C)Cc2cc(C(C)(C)C)cc(c2OCc2nc4ccccc4n2C)C3)nc2ccccc21. The van der Waals surface area contributed by atoms with Gasteiger partial charge in [0.1, 0.15) is 72.7 Å². The molecule has 13 rings (SSSR count). The Morgan fingerprint density at radius 2 is 0.457 bits per heavy atom. The predicted molar refractivity (Wildman–Crippen MR) is 372 cm³/mol. The van der Waals surface area contributed by atoms with Gasteiger partial charge in [0.25, 0.3) is 0 Å². The standard InChI is InChI=1S/C80H88N8O4/c1-77(2,3)57-37-49-33-51-39-58(78(4,5)6)41-53(74(51)90-46-70-82-62-26-18-22-30-66(62)86(70)14)35-55-43-60(80(10,11)12)44-56(76(55)92-48-72-84-64-28-20-24-32-68(64)88(72)16)36-54-42-59(79(7,8)9)40-52(75(54)91-47-71-83-63-27-19-23-31-67(63)87(71)15)34-50(38-57)73(49)89-45-69-81-61-25-17-21-29-65(61)85(69)13/h17-32,37-44H,33-36,45-48H2,1-16H3. The number of nitrogens with zero attached hydrogens (tertiary/aromatic N) is 8. The maximum Gasteiger partial charge on any atom is 0.147 e. The monoisotopic (exact) mass is 1220 g/mol. The van der Waals surface area contributed by atoms with Crippen molar-refractivity contribution in [2.45, 2.75) is 157 Å². The maximum atomic E-state index is 7.52. The number of hydrogen-bond acceptors (Lipinski definition) is 8. The van der Waals surface area contributed by atoms with Crippen molar-refractivity contribution in [3.63, 3.8) is 0 Å². The van der Waals surface area contributed by atoms with E-state index in [2.05, 4.69) is 251 Å². The van der Waals surface area contributed by atoms with E-state index in [4.69, 9.17) is 38.9 Å². The fourth-order valence-electron chi connectivity index (χ4n) is 13.2. The van der Waals surface area contributed by atoms with Gasteiger partial charge in [0.2, 0.25) is 0 Å². The van der Waals surface area contributed by atoms with Gasteiger partial charge in [0.05, 0.1) is 44.1 Å². The van der Waals surface area contributed by atoms with Crippen LogP contribution < -0.4 is 18.9 Å². The summed E-state index contributed by atoms with van der Waals surface area (Å²) in [6.07, 6.45) is 1.99. The van der Waals surface area contributed by atoms with Gasteiger partial charge in [-0.2, -0.15) is 0 Å². The second-order valence-corrected chi connectivity index (χ2v) is 29.7. The molecule has 12 heteroatoms. The van der Waals surface area contributed by atoms with Crippen LogP contribution in [0.5, 0.6) is 23.0 Å². The van der Waals surface area contributed by atoms with Crippen LogP contribution in [0.3, 0.4) is 0 Å². The van der Waals surface area contributed by atoms with Gasteiger partial charge in [-0.3, -0.25) is 0 Å². The van der Waals surface area contributed by atoms with E-state index < -0.39 is 0 Å². The molecule has 12 nitrogen and oxygen atoms in total. The lowest BCUT2D eigenvalue weighted by Gasteiger charge is -2.29. The first-order valence-electron chi connectivity index (χ1n) is 32.5. The fraction of sp³-hybridized carbons (Fsp3) is 0.350. The van der Waals surface area contributed by atoms with Crippen LogP contribution in [0.2, 0.25) is 0 Å². The zero-order valence-electron chi connectivity index (χ0n) is 56.7. The van der Waals surface area contributed by atoms with E-state index >= 15 is 0 Å². The molecule has 1 aliphatic carbocycles. The topological polar surface area (TPSA) is 108 Å². The van der Waals surface area contributed by atoms with Gasteiger partial charge in [0.15, 0.2) is 0 Å². The van der Waals surface area contributed by atoms with Crippen molar-refractivity contribution in [1.29, 1.82) is 0 Å². The smallest absolute Gasteiger partial charge is 0.147 e. The summed E-state index contributed by atoms with van der Waals surface area (Å²) in [5.41, 5.74) is 20.2. The van der Waals surface area contributed by atoms with E-state index in [1.54, 1.807) is 0 Å². The minimum Gasteiger partial charge on any atom is -0.485 e. The highest BCUT2D eigenvalue weighted by Crippen LogP contribution is 2.45. The Kier molecular flexibility index (Phi) is 15.8. The van der Waals surface area contributed by atoms with Gasteiger partial charge in [0, 0.05) is 53.9 Å². The summed E-state index contributed by atoms with van der Waals surface area (Å²) < 4.78 is 38.7. The Hall–Kier alpha value is -9.16. The first-order valence-corrected chi connectivity index (χ1v) is 32.5. The first kappa shape index (κ1) is 61.7. The Morgan fingerprint density at radius 1 is 0.283 bits per heavy atom. The third kappa shape index (κ3) is 12.0. The van der Waals surface area contributed by atoms with Crippen molar-refractivity contribution in [3.8, 4) is 23.0 Å². The van der Waals surface area contributed by atoms with Gasteiger partial charge in [-0.25, -0.2) is 19.9 Å². The Morgan fingerprint density at radius 3 is 0.620 bits per heavy atom. The first-order chi connectivity index (χ1) is 43.7. The summed E-state index contributed by atoms with van der Waals surface area (Å²) in [4.78, 5) is 20.7. The molecule has 0 N–H and O–H groups in total. The van der Waals surface area contributed by atoms with E-state index in [0.29, 0.717) is 25.7 Å². The molecular formula is C80H88N8O4. The molecule has 0 unspecified atom stereocenters. The highest BCUT2D eigenvalue weighted by atomic mass is 16.5. The minimum atomic E-state index is -0.248. The second-order valence-electron chi connectivity index (χ2n) is 29.7. The Bertz CT molecular complexity index is 4110. The van der Waals surface area contributed by atoms with Crippen LogP contribution in [-0.2, 0) is 102 Å². The Labute approximate surface area is 542 Å². The van der Waals surface area contributed by atoms with Crippen molar-refractivity contribution in [3.05, 3.63) is 236 Å². The molecule has 4 heterocycles. The predicted octanol–water partition coefficient (Wildman–Crippen LogP) is 17.4. The van der Waals surface area contributed by atoms with E-state index in [1.165, 1.54) is 22.3 Å². The van der Waals surface area contributed by atoms with Gasteiger partial charge in [-0.05, 0) is 137 Å². The number of ether oxygens (including phenoxy) is 4. The largest absolute Gasteiger partial charge is 0.485 e. The number of imidazole rings is 4. The summed E-state index contributed by atoms with van der Waals surface area (Å²) >= 11 is 0. The van der Waals surface area contributed by atoms with E-state index in [0.717, 1.165) is 135 Å². The lowest BCUT2D eigenvalue weighted by atomic mass is 9.79. The molecule has 0 atom stereocenters. The summed E-state index contributed by atoms with van der Waals surface area (Å²) in [6.45, 7) is 28.7. The molecule has 0 fully saturated rings. The highest BCUT2D eigenvalue weighted by molar-refractivity contribution is 5.78. The van der Waals surface area contributed by atoms with Crippen LogP contribution in [0.1, 0.15) is 173 Å². The van der Waals surface area contributed by atoms with Crippen molar-refractivity contribution < 1.29 is 18.9 Å². The van der Waals surface area contributed by atoms with Crippen LogP contribution >= 0.6 is 0 Å². The van der Waals surface area contributed by atoms with Crippen LogP contribution in [0.15, 0.2) is 146 Å². The molecule has 1 aliphatic rings. The minimum absolute atomic E-state index is 0.245. The fourth-order valence-corrected chi connectivity index (χ4v) is 13.2. The number of fused-ring (bicyclic) bond motifs is 12. The van der Waals surface area contributed by atoms with Crippen molar-refractivity contribution in [2.75, 3.05) is 0 Å². The van der Waals surface area contributed by atoms with Gasteiger partial charge in [-0.15, -0.1) is 0 Å². The van der Waals surface area contributed by atoms with Crippen molar-refractivity contribution >= 4 is 44.1 Å². The molecule has 8 bridgehead atoms. The highest BCUT2D eigenvalue weighted by Gasteiger charge is 2.31.